The number of nitrogens with one attached hydrogen (secondary N) is 1. The minimum absolute atomic E-state index is 0.176. The first-order valence-electron chi connectivity index (χ1n) is 7.29. The monoisotopic (exact) mass is 263 g/mol. The van der Waals surface area contributed by atoms with Gasteiger partial charge in [0.15, 0.2) is 5.78 Å². The van der Waals surface area contributed by atoms with E-state index in [4.69, 9.17) is 0 Å². The van der Waals surface area contributed by atoms with Gasteiger partial charge in [-0.2, -0.15) is 0 Å². The van der Waals surface area contributed by atoms with E-state index in [1.165, 1.54) is 16.7 Å². The van der Waals surface area contributed by atoms with Crippen molar-refractivity contribution in [3.8, 4) is 0 Å². The molecule has 2 aromatic carbocycles. The van der Waals surface area contributed by atoms with Crippen LogP contribution in [0.25, 0.3) is 0 Å². The highest BCUT2D eigenvalue weighted by molar-refractivity contribution is 6.01. The lowest BCUT2D eigenvalue weighted by atomic mass is 10.0. The summed E-state index contributed by atoms with van der Waals surface area (Å²) in [5.41, 5.74) is 4.92. The highest BCUT2D eigenvalue weighted by Crippen LogP contribution is 2.37. The van der Waals surface area contributed by atoms with E-state index in [0.717, 1.165) is 18.4 Å². The largest absolute Gasteiger partial charge is 0.303 e. The lowest BCUT2D eigenvalue weighted by Crippen LogP contribution is -2.23. The molecule has 2 atom stereocenters. The summed E-state index contributed by atoms with van der Waals surface area (Å²) in [6, 6.07) is 17.2. The molecule has 0 aliphatic heterocycles. The standard InChI is InChI=1S/C18H17NO/c20-18-11-17(14-7-3-4-8-15(14)18)19-16-10-9-12-5-1-2-6-13(12)16/h1-8,16-17,19H,9-11H2/t16-,17-/m1/s1. The molecular weight excluding hydrogens is 246 g/mol. The number of hydrogen-bond acceptors (Lipinski definition) is 2. The molecule has 2 aliphatic carbocycles. The molecule has 0 fully saturated rings. The fourth-order valence-corrected chi connectivity index (χ4v) is 3.58. The topological polar surface area (TPSA) is 29.1 Å². The third-order valence-electron chi connectivity index (χ3n) is 4.56. The number of benzene rings is 2. The molecule has 0 bridgehead atoms. The highest BCUT2D eigenvalue weighted by atomic mass is 16.1. The Bertz CT molecular complexity index is 677. The lowest BCUT2D eigenvalue weighted by molar-refractivity contribution is 0.0984. The maximum Gasteiger partial charge on any atom is 0.165 e. The Morgan fingerprint density at radius 1 is 0.900 bits per heavy atom. The first kappa shape index (κ1) is 11.9. The van der Waals surface area contributed by atoms with Crippen molar-refractivity contribution in [2.75, 3.05) is 0 Å². The first-order valence-corrected chi connectivity index (χ1v) is 7.29. The van der Waals surface area contributed by atoms with Crippen LogP contribution in [0.2, 0.25) is 0 Å². The molecule has 0 saturated heterocycles. The predicted molar refractivity (Wildman–Crippen MR) is 78.8 cm³/mol. The predicted octanol–water partition coefficient (Wildman–Crippen LogP) is 3.59. The molecule has 0 unspecified atom stereocenters. The van der Waals surface area contributed by atoms with Crippen molar-refractivity contribution >= 4 is 5.78 Å². The Kier molecular flexibility index (Phi) is 2.71. The number of aryl methyl sites for hydroxylation is 1. The van der Waals surface area contributed by atoms with Crippen LogP contribution in [0.5, 0.6) is 0 Å². The fraction of sp³-hybridized carbons (Fsp3) is 0.278. The quantitative estimate of drug-likeness (QED) is 0.897. The molecule has 0 aromatic heterocycles. The number of ketones is 1. The molecule has 2 heteroatoms. The highest BCUT2D eigenvalue weighted by Gasteiger charge is 2.32. The van der Waals surface area contributed by atoms with Crippen LogP contribution in [0.4, 0.5) is 0 Å². The van der Waals surface area contributed by atoms with Gasteiger partial charge < -0.3 is 5.32 Å². The summed E-state index contributed by atoms with van der Waals surface area (Å²) in [7, 11) is 0. The second kappa shape index (κ2) is 4.57. The van der Waals surface area contributed by atoms with Crippen LogP contribution < -0.4 is 5.32 Å². The summed E-state index contributed by atoms with van der Waals surface area (Å²) in [5.74, 6) is 0.268. The molecule has 4 rings (SSSR count). The molecule has 0 heterocycles. The number of carbonyl (C=O) groups is 1. The molecule has 2 aromatic rings. The Hall–Kier alpha value is -1.93. The van der Waals surface area contributed by atoms with Gasteiger partial charge in [-0.3, -0.25) is 4.79 Å². The van der Waals surface area contributed by atoms with E-state index in [1.54, 1.807) is 0 Å². The van der Waals surface area contributed by atoms with E-state index in [-0.39, 0.29) is 11.8 Å². The first-order chi connectivity index (χ1) is 9.83. The van der Waals surface area contributed by atoms with E-state index >= 15 is 0 Å². The maximum atomic E-state index is 12.1. The molecule has 0 saturated carbocycles. The van der Waals surface area contributed by atoms with Gasteiger partial charge in [-0.25, -0.2) is 0 Å². The van der Waals surface area contributed by atoms with Crippen LogP contribution in [0.15, 0.2) is 48.5 Å². The third-order valence-corrected chi connectivity index (χ3v) is 4.56. The number of Topliss-reactive ketones (excluding diaryl/α,β-unsaturated/α-hetero) is 1. The van der Waals surface area contributed by atoms with Crippen molar-refractivity contribution in [3.05, 3.63) is 70.8 Å². The van der Waals surface area contributed by atoms with Gasteiger partial charge in [-0.05, 0) is 29.5 Å². The molecule has 1 N–H and O–H groups in total. The summed E-state index contributed by atoms with van der Waals surface area (Å²) in [5, 5.41) is 3.70. The molecular formula is C18H17NO. The molecule has 0 radical (unpaired) electrons. The van der Waals surface area contributed by atoms with Crippen molar-refractivity contribution in [1.82, 2.24) is 5.32 Å². The molecule has 20 heavy (non-hydrogen) atoms. The number of rotatable bonds is 2. The van der Waals surface area contributed by atoms with Gasteiger partial charge in [0.1, 0.15) is 0 Å². The Labute approximate surface area is 118 Å². The summed E-state index contributed by atoms with van der Waals surface area (Å²) in [6.07, 6.45) is 2.86. The summed E-state index contributed by atoms with van der Waals surface area (Å²) in [6.45, 7) is 0. The number of carbonyl (C=O) groups excluding carboxylic acids is 1. The second-order valence-corrected chi connectivity index (χ2v) is 5.72. The van der Waals surface area contributed by atoms with Crippen LogP contribution in [-0.2, 0) is 6.42 Å². The van der Waals surface area contributed by atoms with E-state index in [0.29, 0.717) is 12.5 Å². The van der Waals surface area contributed by atoms with Gasteiger partial charge in [0.05, 0.1) is 0 Å². The van der Waals surface area contributed by atoms with Crippen LogP contribution in [0, 0.1) is 0 Å². The van der Waals surface area contributed by atoms with Crippen LogP contribution >= 0.6 is 0 Å². The SMILES string of the molecule is O=C1C[C@@H](N[C@@H]2CCc3ccccc32)c2ccccc21. The summed E-state index contributed by atoms with van der Waals surface area (Å²) >= 11 is 0. The summed E-state index contributed by atoms with van der Waals surface area (Å²) < 4.78 is 0. The van der Waals surface area contributed by atoms with Gasteiger partial charge in [-0.15, -0.1) is 0 Å². The third kappa shape index (κ3) is 1.80. The Morgan fingerprint density at radius 3 is 2.55 bits per heavy atom. The van der Waals surface area contributed by atoms with E-state index < -0.39 is 0 Å². The van der Waals surface area contributed by atoms with Crippen molar-refractivity contribution < 1.29 is 4.79 Å². The molecule has 0 spiro atoms. The van der Waals surface area contributed by atoms with E-state index in [1.807, 2.05) is 18.2 Å². The average molecular weight is 263 g/mol. The number of fused-ring (bicyclic) bond motifs is 2. The van der Waals surface area contributed by atoms with Gasteiger partial charge in [0.25, 0.3) is 0 Å². The lowest BCUT2D eigenvalue weighted by Gasteiger charge is -2.20. The molecule has 100 valence electrons. The molecule has 2 aliphatic rings. The van der Waals surface area contributed by atoms with Crippen molar-refractivity contribution in [1.29, 1.82) is 0 Å². The van der Waals surface area contributed by atoms with Crippen LogP contribution in [-0.4, -0.2) is 5.78 Å². The van der Waals surface area contributed by atoms with Gasteiger partial charge in [-0.1, -0.05) is 48.5 Å². The van der Waals surface area contributed by atoms with Crippen LogP contribution in [0.1, 0.15) is 52.0 Å². The maximum absolute atomic E-state index is 12.1. The zero-order valence-electron chi connectivity index (χ0n) is 11.3. The normalized spacial score (nSPS) is 23.7. The Morgan fingerprint density at radius 2 is 1.65 bits per heavy atom. The number of hydrogen-bond donors (Lipinski definition) is 1. The molecule has 0 amide bonds. The average Bonchev–Trinajstić information content (AvgIpc) is 3.03. The van der Waals surface area contributed by atoms with Gasteiger partial charge in [0, 0.05) is 24.1 Å². The van der Waals surface area contributed by atoms with Crippen molar-refractivity contribution in [2.24, 2.45) is 0 Å². The fourth-order valence-electron chi connectivity index (χ4n) is 3.58. The second-order valence-electron chi connectivity index (χ2n) is 5.72. The zero-order chi connectivity index (χ0) is 13.5. The summed E-state index contributed by atoms with van der Waals surface area (Å²) in [4.78, 5) is 12.1. The van der Waals surface area contributed by atoms with Gasteiger partial charge in [0.2, 0.25) is 0 Å². The Balaban J connectivity index is 1.62. The van der Waals surface area contributed by atoms with Crippen molar-refractivity contribution in [3.63, 3.8) is 0 Å². The minimum atomic E-state index is 0.176. The zero-order valence-corrected chi connectivity index (χ0v) is 11.3. The van der Waals surface area contributed by atoms with Gasteiger partial charge >= 0.3 is 0 Å². The molecule has 2 nitrogen and oxygen atoms in total. The van der Waals surface area contributed by atoms with Crippen LogP contribution in [0.3, 0.4) is 0 Å². The van der Waals surface area contributed by atoms with E-state index in [9.17, 15) is 4.79 Å². The minimum Gasteiger partial charge on any atom is -0.303 e. The smallest absolute Gasteiger partial charge is 0.165 e. The van der Waals surface area contributed by atoms with E-state index in [2.05, 4.69) is 35.6 Å². The van der Waals surface area contributed by atoms with Crippen molar-refractivity contribution in [2.45, 2.75) is 31.3 Å².